The lowest BCUT2D eigenvalue weighted by atomic mass is 10.1. The number of amides is 1. The van der Waals surface area contributed by atoms with Crippen molar-refractivity contribution in [3.05, 3.63) is 96.2 Å². The number of benzene rings is 3. The molecule has 7 heteroatoms. The highest BCUT2D eigenvalue weighted by atomic mass is 32.2. The van der Waals surface area contributed by atoms with Crippen LogP contribution in [-0.2, 0) is 10.0 Å². The number of fused-ring (bicyclic) bond motifs is 1. The minimum Gasteiger partial charge on any atom is -0.321 e. The summed E-state index contributed by atoms with van der Waals surface area (Å²) in [5.74, 6) is -0.395. The molecule has 0 saturated carbocycles. The molecule has 0 spiro atoms. The molecule has 1 N–H and O–H groups in total. The number of hydrogen-bond acceptors (Lipinski definition) is 4. The highest BCUT2D eigenvalue weighted by molar-refractivity contribution is 7.92. The molecule has 1 amide bonds. The number of pyridine rings is 1. The number of aryl methyl sites for hydroxylation is 1. The van der Waals surface area contributed by atoms with Crippen LogP contribution in [0, 0.1) is 6.92 Å². The number of sulfonamides is 1. The van der Waals surface area contributed by atoms with Gasteiger partial charge in [0.25, 0.3) is 15.9 Å². The van der Waals surface area contributed by atoms with Crippen molar-refractivity contribution in [2.24, 2.45) is 0 Å². The summed E-state index contributed by atoms with van der Waals surface area (Å²) in [5.41, 5.74) is 3.22. The molecular weight excluding hydrogens is 410 g/mol. The van der Waals surface area contributed by atoms with Crippen LogP contribution >= 0.6 is 0 Å². The quantitative estimate of drug-likeness (QED) is 0.500. The van der Waals surface area contributed by atoms with E-state index in [9.17, 15) is 13.2 Å². The van der Waals surface area contributed by atoms with E-state index in [1.807, 2.05) is 37.3 Å². The van der Waals surface area contributed by atoms with Crippen molar-refractivity contribution in [3.8, 4) is 0 Å². The second-order valence-electron chi connectivity index (χ2n) is 7.12. The van der Waals surface area contributed by atoms with Crippen molar-refractivity contribution in [1.82, 2.24) is 4.98 Å². The fourth-order valence-corrected chi connectivity index (χ4v) is 4.59. The molecule has 156 valence electrons. The van der Waals surface area contributed by atoms with E-state index < -0.39 is 15.9 Å². The highest BCUT2D eigenvalue weighted by Crippen LogP contribution is 2.26. The summed E-state index contributed by atoms with van der Waals surface area (Å²) < 4.78 is 27.3. The summed E-state index contributed by atoms with van der Waals surface area (Å²) in [7, 11) is -2.33. The number of aromatic nitrogens is 1. The first-order valence-electron chi connectivity index (χ1n) is 9.67. The summed E-state index contributed by atoms with van der Waals surface area (Å²) in [6, 6.07) is 22.2. The van der Waals surface area contributed by atoms with Crippen LogP contribution in [0.15, 0.2) is 90.0 Å². The zero-order chi connectivity index (χ0) is 22.0. The van der Waals surface area contributed by atoms with Crippen LogP contribution in [0.25, 0.3) is 10.9 Å². The third kappa shape index (κ3) is 4.00. The Morgan fingerprint density at radius 2 is 1.71 bits per heavy atom. The summed E-state index contributed by atoms with van der Waals surface area (Å²) in [6.07, 6.45) is 1.71. The second kappa shape index (κ2) is 8.20. The summed E-state index contributed by atoms with van der Waals surface area (Å²) in [5, 5.41) is 3.70. The molecule has 1 heterocycles. The van der Waals surface area contributed by atoms with Gasteiger partial charge in [-0.15, -0.1) is 0 Å². The van der Waals surface area contributed by atoms with Crippen LogP contribution < -0.4 is 9.62 Å². The molecule has 0 saturated heterocycles. The number of nitrogens with zero attached hydrogens (tertiary/aromatic N) is 2. The normalized spacial score (nSPS) is 11.3. The first-order chi connectivity index (χ1) is 14.9. The molecule has 0 radical (unpaired) electrons. The third-order valence-electron chi connectivity index (χ3n) is 5.09. The van der Waals surface area contributed by atoms with Gasteiger partial charge in [0.2, 0.25) is 0 Å². The standard InChI is InChI=1S/C24H21N3O3S/c1-17-13-14-22(21-12-7-15-25-23(17)21)26-24(28)18-8-6-11-20(16-18)31(29,30)27(2)19-9-4-3-5-10-19/h3-16H,1-2H3,(H,26,28). The second-order valence-corrected chi connectivity index (χ2v) is 9.09. The lowest BCUT2D eigenvalue weighted by Crippen LogP contribution is -2.26. The average molecular weight is 432 g/mol. The van der Waals surface area contributed by atoms with Crippen LogP contribution in [0.2, 0.25) is 0 Å². The number of hydrogen-bond donors (Lipinski definition) is 1. The minimum absolute atomic E-state index is 0.0435. The SMILES string of the molecule is Cc1ccc(NC(=O)c2cccc(S(=O)(=O)N(C)c3ccccc3)c2)c2cccnc12. The van der Waals surface area contributed by atoms with Gasteiger partial charge in [0.15, 0.2) is 0 Å². The van der Waals surface area contributed by atoms with E-state index in [4.69, 9.17) is 0 Å². The molecule has 6 nitrogen and oxygen atoms in total. The van der Waals surface area contributed by atoms with Gasteiger partial charge >= 0.3 is 0 Å². The van der Waals surface area contributed by atoms with Gasteiger partial charge in [-0.05, 0) is 61.0 Å². The zero-order valence-corrected chi connectivity index (χ0v) is 17.9. The van der Waals surface area contributed by atoms with Gasteiger partial charge in [0, 0.05) is 24.2 Å². The van der Waals surface area contributed by atoms with Crippen molar-refractivity contribution in [2.45, 2.75) is 11.8 Å². The van der Waals surface area contributed by atoms with E-state index in [2.05, 4.69) is 10.3 Å². The Bertz CT molecular complexity index is 1370. The lowest BCUT2D eigenvalue weighted by molar-refractivity contribution is 0.102. The highest BCUT2D eigenvalue weighted by Gasteiger charge is 2.22. The van der Waals surface area contributed by atoms with E-state index in [0.29, 0.717) is 11.4 Å². The number of anilines is 2. The minimum atomic E-state index is -3.82. The Kier molecular flexibility index (Phi) is 5.44. The number of carbonyl (C=O) groups is 1. The predicted molar refractivity (Wildman–Crippen MR) is 123 cm³/mol. The molecule has 4 rings (SSSR count). The van der Waals surface area contributed by atoms with E-state index in [1.165, 1.54) is 23.5 Å². The van der Waals surface area contributed by atoms with Crippen molar-refractivity contribution >= 4 is 38.2 Å². The van der Waals surface area contributed by atoms with Gasteiger partial charge in [-0.3, -0.25) is 14.1 Å². The summed E-state index contributed by atoms with van der Waals surface area (Å²) >= 11 is 0. The van der Waals surface area contributed by atoms with Crippen LogP contribution in [0.1, 0.15) is 15.9 Å². The van der Waals surface area contributed by atoms with Crippen LogP contribution in [-0.4, -0.2) is 26.4 Å². The maximum absolute atomic E-state index is 13.1. The van der Waals surface area contributed by atoms with Gasteiger partial charge in [-0.1, -0.05) is 30.3 Å². The van der Waals surface area contributed by atoms with E-state index in [0.717, 1.165) is 16.5 Å². The van der Waals surface area contributed by atoms with E-state index in [-0.39, 0.29) is 10.5 Å². The molecule has 0 unspecified atom stereocenters. The average Bonchev–Trinajstić information content (AvgIpc) is 2.81. The first-order valence-corrected chi connectivity index (χ1v) is 11.1. The van der Waals surface area contributed by atoms with Crippen molar-refractivity contribution in [3.63, 3.8) is 0 Å². The molecule has 0 aliphatic heterocycles. The third-order valence-corrected chi connectivity index (χ3v) is 6.88. The lowest BCUT2D eigenvalue weighted by Gasteiger charge is -2.19. The maximum Gasteiger partial charge on any atom is 0.264 e. The molecular formula is C24H21N3O3S. The Balaban J connectivity index is 1.65. The Morgan fingerprint density at radius 1 is 0.935 bits per heavy atom. The van der Waals surface area contributed by atoms with Gasteiger partial charge in [0.1, 0.15) is 0 Å². The number of para-hydroxylation sites is 1. The van der Waals surface area contributed by atoms with Gasteiger partial charge in [-0.2, -0.15) is 0 Å². The van der Waals surface area contributed by atoms with E-state index in [1.54, 1.807) is 42.6 Å². The Labute approximate surface area is 181 Å². The molecule has 0 aliphatic rings. The molecule has 0 aliphatic carbocycles. The zero-order valence-electron chi connectivity index (χ0n) is 17.1. The molecule has 4 aromatic rings. The number of rotatable bonds is 5. The van der Waals surface area contributed by atoms with Gasteiger partial charge < -0.3 is 5.32 Å². The van der Waals surface area contributed by atoms with Crippen LogP contribution in [0.3, 0.4) is 0 Å². The molecule has 0 atom stereocenters. The fourth-order valence-electron chi connectivity index (χ4n) is 3.35. The summed E-state index contributed by atoms with van der Waals surface area (Å²) in [4.78, 5) is 17.3. The smallest absolute Gasteiger partial charge is 0.264 e. The fraction of sp³-hybridized carbons (Fsp3) is 0.0833. The molecule has 31 heavy (non-hydrogen) atoms. The molecule has 0 fully saturated rings. The number of nitrogens with one attached hydrogen (secondary N) is 1. The topological polar surface area (TPSA) is 79.4 Å². The largest absolute Gasteiger partial charge is 0.321 e. The van der Waals surface area contributed by atoms with E-state index >= 15 is 0 Å². The first kappa shape index (κ1) is 20.6. The van der Waals surface area contributed by atoms with Crippen molar-refractivity contribution < 1.29 is 13.2 Å². The Morgan fingerprint density at radius 3 is 2.48 bits per heavy atom. The monoisotopic (exact) mass is 431 g/mol. The van der Waals surface area contributed by atoms with Crippen LogP contribution in [0.4, 0.5) is 11.4 Å². The molecule has 3 aromatic carbocycles. The van der Waals surface area contributed by atoms with Crippen LogP contribution in [0.5, 0.6) is 0 Å². The van der Waals surface area contributed by atoms with Gasteiger partial charge in [-0.25, -0.2) is 8.42 Å². The maximum atomic E-state index is 13.1. The Hall–Kier alpha value is -3.71. The predicted octanol–water partition coefficient (Wildman–Crippen LogP) is 4.62. The van der Waals surface area contributed by atoms with Crippen molar-refractivity contribution in [2.75, 3.05) is 16.7 Å². The van der Waals surface area contributed by atoms with Crippen molar-refractivity contribution in [1.29, 1.82) is 0 Å². The summed E-state index contributed by atoms with van der Waals surface area (Å²) in [6.45, 7) is 1.96. The van der Waals surface area contributed by atoms with Gasteiger partial charge in [0.05, 0.1) is 21.8 Å². The molecule has 0 bridgehead atoms. The molecule has 1 aromatic heterocycles. The number of carbonyl (C=O) groups excluding carboxylic acids is 1.